The number of benzene rings is 1. The van der Waals surface area contributed by atoms with Crippen LogP contribution >= 0.6 is 0 Å². The molecule has 1 saturated heterocycles. The SMILES string of the molecule is CC12CCC1C(=O)CCN(Cc1ccccc1)C2. The Morgan fingerprint density at radius 1 is 1.33 bits per heavy atom. The fraction of sp³-hybridized carbons (Fsp3) is 0.562. The summed E-state index contributed by atoms with van der Waals surface area (Å²) in [5, 5.41) is 0. The molecule has 2 nitrogen and oxygen atoms in total. The summed E-state index contributed by atoms with van der Waals surface area (Å²) in [5.74, 6) is 0.845. The highest BCUT2D eigenvalue weighted by molar-refractivity contribution is 5.83. The van der Waals surface area contributed by atoms with E-state index in [9.17, 15) is 4.79 Å². The highest BCUT2D eigenvalue weighted by Gasteiger charge is 2.48. The molecule has 0 bridgehead atoms. The lowest BCUT2D eigenvalue weighted by atomic mass is 9.59. The van der Waals surface area contributed by atoms with E-state index in [0.29, 0.717) is 11.7 Å². The first kappa shape index (κ1) is 11.9. The number of likely N-dealkylation sites (tertiary alicyclic amines) is 1. The van der Waals surface area contributed by atoms with Crippen molar-refractivity contribution in [3.8, 4) is 0 Å². The zero-order chi connectivity index (χ0) is 12.6. The number of fused-ring (bicyclic) bond motifs is 1. The first-order valence-corrected chi connectivity index (χ1v) is 6.96. The van der Waals surface area contributed by atoms with Gasteiger partial charge in [0, 0.05) is 32.0 Å². The molecule has 2 heteroatoms. The quantitative estimate of drug-likeness (QED) is 0.796. The lowest BCUT2D eigenvalue weighted by Crippen LogP contribution is -2.46. The summed E-state index contributed by atoms with van der Waals surface area (Å²) in [6.07, 6.45) is 3.08. The molecule has 1 aliphatic heterocycles. The minimum absolute atomic E-state index is 0.252. The molecule has 2 aliphatic rings. The van der Waals surface area contributed by atoms with Gasteiger partial charge in [-0.2, -0.15) is 0 Å². The maximum atomic E-state index is 12.1. The molecule has 2 fully saturated rings. The van der Waals surface area contributed by atoms with E-state index in [1.807, 2.05) is 0 Å². The second kappa shape index (κ2) is 4.51. The number of Topliss-reactive ketones (excluding diaryl/α,β-unsaturated/α-hetero) is 1. The smallest absolute Gasteiger partial charge is 0.137 e. The molecular weight excluding hydrogens is 222 g/mol. The van der Waals surface area contributed by atoms with Crippen molar-refractivity contribution < 1.29 is 4.79 Å². The Labute approximate surface area is 109 Å². The molecule has 3 rings (SSSR count). The Morgan fingerprint density at radius 2 is 2.11 bits per heavy atom. The number of hydrogen-bond donors (Lipinski definition) is 0. The number of ketones is 1. The van der Waals surface area contributed by atoms with Crippen LogP contribution in [0.3, 0.4) is 0 Å². The Hall–Kier alpha value is -1.15. The van der Waals surface area contributed by atoms with Crippen LogP contribution in [0.1, 0.15) is 31.7 Å². The number of carbonyl (C=O) groups is 1. The number of rotatable bonds is 2. The summed E-state index contributed by atoms with van der Waals surface area (Å²) >= 11 is 0. The number of nitrogens with zero attached hydrogens (tertiary/aromatic N) is 1. The van der Waals surface area contributed by atoms with Gasteiger partial charge >= 0.3 is 0 Å². The molecule has 1 aliphatic carbocycles. The van der Waals surface area contributed by atoms with Crippen LogP contribution in [-0.4, -0.2) is 23.8 Å². The highest BCUT2D eigenvalue weighted by Crippen LogP contribution is 2.49. The second-order valence-corrected chi connectivity index (χ2v) is 6.16. The number of carbonyl (C=O) groups excluding carboxylic acids is 1. The summed E-state index contributed by atoms with van der Waals surface area (Å²) in [4.78, 5) is 14.5. The van der Waals surface area contributed by atoms with Crippen molar-refractivity contribution in [1.82, 2.24) is 4.90 Å². The molecule has 0 amide bonds. The minimum Gasteiger partial charge on any atom is -0.299 e. The van der Waals surface area contributed by atoms with E-state index in [1.54, 1.807) is 0 Å². The summed E-state index contributed by atoms with van der Waals surface area (Å²) in [6.45, 7) is 5.29. The average molecular weight is 243 g/mol. The molecule has 0 aromatic heterocycles. The molecule has 18 heavy (non-hydrogen) atoms. The zero-order valence-corrected chi connectivity index (χ0v) is 11.1. The predicted octanol–water partition coefficient (Wildman–Crippen LogP) is 2.88. The van der Waals surface area contributed by atoms with E-state index in [1.165, 1.54) is 12.0 Å². The fourth-order valence-corrected chi connectivity index (χ4v) is 3.53. The van der Waals surface area contributed by atoms with Crippen LogP contribution in [0.2, 0.25) is 0 Å². The first-order valence-electron chi connectivity index (χ1n) is 6.96. The normalized spacial score (nSPS) is 32.5. The zero-order valence-electron chi connectivity index (χ0n) is 11.1. The topological polar surface area (TPSA) is 20.3 Å². The Kier molecular flexibility index (Phi) is 2.98. The van der Waals surface area contributed by atoms with Gasteiger partial charge in [-0.25, -0.2) is 0 Å². The largest absolute Gasteiger partial charge is 0.299 e. The summed E-state index contributed by atoms with van der Waals surface area (Å²) in [6, 6.07) is 10.6. The van der Waals surface area contributed by atoms with Crippen molar-refractivity contribution in [3.63, 3.8) is 0 Å². The van der Waals surface area contributed by atoms with Crippen molar-refractivity contribution in [2.45, 2.75) is 32.7 Å². The van der Waals surface area contributed by atoms with Gasteiger partial charge in [-0.1, -0.05) is 37.3 Å². The fourth-order valence-electron chi connectivity index (χ4n) is 3.53. The van der Waals surface area contributed by atoms with Gasteiger partial charge in [-0.05, 0) is 23.8 Å². The van der Waals surface area contributed by atoms with E-state index in [4.69, 9.17) is 0 Å². The highest BCUT2D eigenvalue weighted by atomic mass is 16.1. The lowest BCUT2D eigenvalue weighted by Gasteiger charge is -2.46. The molecule has 0 radical (unpaired) electrons. The third kappa shape index (κ3) is 2.10. The van der Waals surface area contributed by atoms with E-state index in [0.717, 1.165) is 32.5 Å². The molecule has 2 unspecified atom stereocenters. The van der Waals surface area contributed by atoms with Gasteiger partial charge in [0.2, 0.25) is 0 Å². The van der Waals surface area contributed by atoms with E-state index in [-0.39, 0.29) is 5.41 Å². The third-order valence-corrected chi connectivity index (χ3v) is 4.74. The Balaban J connectivity index is 1.72. The Morgan fingerprint density at radius 3 is 2.78 bits per heavy atom. The lowest BCUT2D eigenvalue weighted by molar-refractivity contribution is -0.131. The van der Waals surface area contributed by atoms with Crippen molar-refractivity contribution in [3.05, 3.63) is 35.9 Å². The summed E-state index contributed by atoms with van der Waals surface area (Å²) < 4.78 is 0. The monoisotopic (exact) mass is 243 g/mol. The molecule has 1 saturated carbocycles. The second-order valence-electron chi connectivity index (χ2n) is 6.16. The van der Waals surface area contributed by atoms with Gasteiger partial charge in [0.25, 0.3) is 0 Å². The van der Waals surface area contributed by atoms with Gasteiger partial charge in [-0.3, -0.25) is 9.69 Å². The third-order valence-electron chi connectivity index (χ3n) is 4.74. The maximum Gasteiger partial charge on any atom is 0.137 e. The van der Waals surface area contributed by atoms with Gasteiger partial charge < -0.3 is 0 Å². The van der Waals surface area contributed by atoms with Crippen LogP contribution in [0.4, 0.5) is 0 Å². The molecule has 96 valence electrons. The van der Waals surface area contributed by atoms with Crippen LogP contribution in [0.5, 0.6) is 0 Å². The van der Waals surface area contributed by atoms with Crippen LogP contribution in [0.25, 0.3) is 0 Å². The van der Waals surface area contributed by atoms with E-state index < -0.39 is 0 Å². The maximum absolute atomic E-state index is 12.1. The molecule has 0 N–H and O–H groups in total. The minimum atomic E-state index is 0.252. The van der Waals surface area contributed by atoms with Crippen LogP contribution in [0.15, 0.2) is 30.3 Å². The van der Waals surface area contributed by atoms with E-state index in [2.05, 4.69) is 42.2 Å². The molecule has 1 aromatic carbocycles. The van der Waals surface area contributed by atoms with Crippen molar-refractivity contribution in [1.29, 1.82) is 0 Å². The standard InChI is InChI=1S/C16H21NO/c1-16-9-7-14(16)15(18)8-10-17(12-16)11-13-5-3-2-4-6-13/h2-6,14H,7-12H2,1H3. The molecule has 0 spiro atoms. The van der Waals surface area contributed by atoms with Crippen molar-refractivity contribution >= 4 is 5.78 Å². The van der Waals surface area contributed by atoms with Gasteiger partial charge in [0.15, 0.2) is 0 Å². The van der Waals surface area contributed by atoms with Crippen molar-refractivity contribution in [2.75, 3.05) is 13.1 Å². The summed E-state index contributed by atoms with van der Waals surface area (Å²) in [7, 11) is 0. The summed E-state index contributed by atoms with van der Waals surface area (Å²) in [5.41, 5.74) is 1.61. The Bertz CT molecular complexity index is 442. The van der Waals surface area contributed by atoms with Crippen LogP contribution in [0, 0.1) is 11.3 Å². The molecule has 1 heterocycles. The predicted molar refractivity (Wildman–Crippen MR) is 72.2 cm³/mol. The van der Waals surface area contributed by atoms with Gasteiger partial charge in [0.1, 0.15) is 5.78 Å². The van der Waals surface area contributed by atoms with Crippen molar-refractivity contribution in [2.24, 2.45) is 11.3 Å². The number of hydrogen-bond acceptors (Lipinski definition) is 2. The molecular formula is C16H21NO. The van der Waals surface area contributed by atoms with Gasteiger partial charge in [-0.15, -0.1) is 0 Å². The van der Waals surface area contributed by atoms with Crippen LogP contribution < -0.4 is 0 Å². The average Bonchev–Trinajstić information content (AvgIpc) is 2.42. The molecule has 2 atom stereocenters. The van der Waals surface area contributed by atoms with E-state index >= 15 is 0 Å². The molecule has 1 aromatic rings. The van der Waals surface area contributed by atoms with Gasteiger partial charge in [0.05, 0.1) is 0 Å². The first-order chi connectivity index (χ1) is 8.67. The van der Waals surface area contributed by atoms with Crippen LogP contribution in [-0.2, 0) is 11.3 Å².